The summed E-state index contributed by atoms with van der Waals surface area (Å²) in [5.41, 5.74) is 6.78. The number of anilines is 1. The minimum absolute atomic E-state index is 0.0763. The van der Waals surface area contributed by atoms with Crippen LogP contribution in [-0.4, -0.2) is 35.8 Å². The quantitative estimate of drug-likeness (QED) is 0.752. The first kappa shape index (κ1) is 12.4. The first-order chi connectivity index (χ1) is 8.63. The third-order valence-corrected chi connectivity index (χ3v) is 3.14. The van der Waals surface area contributed by atoms with E-state index in [1.807, 2.05) is 6.92 Å². The number of hydrogen-bond acceptors (Lipinski definition) is 3. The smallest absolute Gasteiger partial charge is 0.254 e. The van der Waals surface area contributed by atoms with E-state index in [2.05, 4.69) is 5.32 Å². The molecule has 1 aliphatic rings. The molecule has 0 bridgehead atoms. The molecule has 2 rings (SSSR count). The number of hydrogen-bond donors (Lipinski definition) is 2. The molecule has 0 saturated carbocycles. The Kier molecular flexibility index (Phi) is 3.50. The van der Waals surface area contributed by atoms with Crippen molar-refractivity contribution >= 4 is 17.5 Å². The van der Waals surface area contributed by atoms with Gasteiger partial charge in [0.25, 0.3) is 5.91 Å². The summed E-state index contributed by atoms with van der Waals surface area (Å²) >= 11 is 0. The van der Waals surface area contributed by atoms with Crippen LogP contribution in [0, 0.1) is 0 Å². The second-order valence-electron chi connectivity index (χ2n) is 4.34. The molecule has 1 saturated heterocycles. The molecule has 96 valence electrons. The predicted molar refractivity (Wildman–Crippen MR) is 69.0 cm³/mol. The Hall–Kier alpha value is -2.04. The number of nitrogens with two attached hydrogens (primary N) is 1. The van der Waals surface area contributed by atoms with Gasteiger partial charge in [-0.25, -0.2) is 0 Å². The van der Waals surface area contributed by atoms with Crippen LogP contribution < -0.4 is 11.1 Å². The lowest BCUT2D eigenvalue weighted by Gasteiger charge is -2.34. The molecule has 0 radical (unpaired) electrons. The van der Waals surface area contributed by atoms with Crippen molar-refractivity contribution in [3.05, 3.63) is 29.8 Å². The van der Waals surface area contributed by atoms with E-state index >= 15 is 0 Å². The molecule has 1 atom stereocenters. The first-order valence-corrected chi connectivity index (χ1v) is 6.07. The summed E-state index contributed by atoms with van der Waals surface area (Å²) < 4.78 is 0. The van der Waals surface area contributed by atoms with Gasteiger partial charge in [0.05, 0.1) is 0 Å². The summed E-state index contributed by atoms with van der Waals surface area (Å²) in [4.78, 5) is 25.7. The lowest BCUT2D eigenvalue weighted by atomic mass is 10.1. The third kappa shape index (κ3) is 2.30. The van der Waals surface area contributed by atoms with E-state index in [1.165, 1.54) is 0 Å². The number of nitrogens with one attached hydrogen (secondary N) is 1. The highest BCUT2D eigenvalue weighted by Gasteiger charge is 2.31. The summed E-state index contributed by atoms with van der Waals surface area (Å²) in [6.45, 7) is 2.96. The number of nitrogen functional groups attached to an aromatic ring is 1. The predicted octanol–water partition coefficient (Wildman–Crippen LogP) is 0.619. The van der Waals surface area contributed by atoms with Gasteiger partial charge in [0.15, 0.2) is 0 Å². The van der Waals surface area contributed by atoms with Crippen LogP contribution in [0.2, 0.25) is 0 Å². The Balaban J connectivity index is 2.21. The number of rotatable bonds is 2. The highest BCUT2D eigenvalue weighted by atomic mass is 16.2. The van der Waals surface area contributed by atoms with Crippen molar-refractivity contribution in [2.75, 3.05) is 18.8 Å². The average Bonchev–Trinajstić information content (AvgIpc) is 2.38. The number of carbonyl (C=O) groups excluding carboxylic acids is 2. The zero-order valence-corrected chi connectivity index (χ0v) is 10.3. The van der Waals surface area contributed by atoms with Gasteiger partial charge in [-0.3, -0.25) is 9.59 Å². The molecule has 1 aromatic rings. The van der Waals surface area contributed by atoms with Crippen LogP contribution >= 0.6 is 0 Å². The van der Waals surface area contributed by atoms with Gasteiger partial charge in [-0.15, -0.1) is 0 Å². The van der Waals surface area contributed by atoms with E-state index in [4.69, 9.17) is 5.73 Å². The van der Waals surface area contributed by atoms with E-state index < -0.39 is 0 Å². The number of amides is 2. The Morgan fingerprint density at radius 3 is 2.72 bits per heavy atom. The van der Waals surface area contributed by atoms with Gasteiger partial charge in [-0.1, -0.05) is 6.92 Å². The second kappa shape index (κ2) is 5.08. The number of benzene rings is 1. The van der Waals surface area contributed by atoms with E-state index in [-0.39, 0.29) is 17.9 Å². The molecule has 18 heavy (non-hydrogen) atoms. The van der Waals surface area contributed by atoms with Crippen molar-refractivity contribution in [2.24, 2.45) is 0 Å². The highest BCUT2D eigenvalue weighted by molar-refractivity contribution is 5.98. The SMILES string of the molecule is CCC1C(=O)NCCN1C(=O)c1ccc(N)cc1. The zero-order chi connectivity index (χ0) is 13.1. The van der Waals surface area contributed by atoms with E-state index in [1.54, 1.807) is 29.2 Å². The van der Waals surface area contributed by atoms with Crippen molar-refractivity contribution in [3.8, 4) is 0 Å². The van der Waals surface area contributed by atoms with E-state index in [9.17, 15) is 9.59 Å². The molecule has 1 heterocycles. The summed E-state index contributed by atoms with van der Waals surface area (Å²) in [6, 6.07) is 6.40. The molecule has 0 spiro atoms. The van der Waals surface area contributed by atoms with Crippen LogP contribution in [0.3, 0.4) is 0 Å². The largest absolute Gasteiger partial charge is 0.399 e. The zero-order valence-electron chi connectivity index (χ0n) is 10.3. The normalized spacial score (nSPS) is 19.5. The first-order valence-electron chi connectivity index (χ1n) is 6.07. The summed E-state index contributed by atoms with van der Waals surface area (Å²) in [6.07, 6.45) is 0.618. The monoisotopic (exact) mass is 247 g/mol. The number of nitrogens with zero attached hydrogens (tertiary/aromatic N) is 1. The lowest BCUT2D eigenvalue weighted by Crippen LogP contribution is -2.56. The average molecular weight is 247 g/mol. The molecular weight excluding hydrogens is 230 g/mol. The fourth-order valence-electron chi connectivity index (χ4n) is 2.16. The molecule has 1 aromatic carbocycles. The maximum Gasteiger partial charge on any atom is 0.254 e. The Labute approximate surface area is 106 Å². The Morgan fingerprint density at radius 2 is 2.11 bits per heavy atom. The van der Waals surface area contributed by atoms with Crippen LogP contribution in [0.25, 0.3) is 0 Å². The molecular formula is C13H17N3O2. The maximum atomic E-state index is 12.3. The van der Waals surface area contributed by atoms with Crippen LogP contribution in [0.1, 0.15) is 23.7 Å². The van der Waals surface area contributed by atoms with Gasteiger partial charge in [0.2, 0.25) is 5.91 Å². The molecule has 2 amide bonds. The van der Waals surface area contributed by atoms with E-state index in [0.29, 0.717) is 30.8 Å². The lowest BCUT2D eigenvalue weighted by molar-refractivity contribution is -0.127. The van der Waals surface area contributed by atoms with Gasteiger partial charge in [0.1, 0.15) is 6.04 Å². The van der Waals surface area contributed by atoms with Gasteiger partial charge < -0.3 is 16.0 Å². The summed E-state index contributed by atoms with van der Waals surface area (Å²) in [5.74, 6) is -0.191. The third-order valence-electron chi connectivity index (χ3n) is 3.14. The topological polar surface area (TPSA) is 75.4 Å². The molecule has 5 nitrogen and oxygen atoms in total. The molecule has 1 aliphatic heterocycles. The van der Waals surface area contributed by atoms with Crippen LogP contribution in [-0.2, 0) is 4.79 Å². The van der Waals surface area contributed by atoms with Crippen molar-refractivity contribution in [1.82, 2.24) is 10.2 Å². The minimum atomic E-state index is -0.371. The summed E-state index contributed by atoms with van der Waals surface area (Å²) in [5, 5.41) is 2.78. The van der Waals surface area contributed by atoms with Crippen molar-refractivity contribution in [3.63, 3.8) is 0 Å². The van der Waals surface area contributed by atoms with Gasteiger partial charge >= 0.3 is 0 Å². The molecule has 1 fully saturated rings. The molecule has 5 heteroatoms. The second-order valence-corrected chi connectivity index (χ2v) is 4.34. The molecule has 0 aromatic heterocycles. The van der Waals surface area contributed by atoms with Crippen molar-refractivity contribution < 1.29 is 9.59 Å². The maximum absolute atomic E-state index is 12.3. The van der Waals surface area contributed by atoms with Crippen LogP contribution in [0.4, 0.5) is 5.69 Å². The van der Waals surface area contributed by atoms with Crippen molar-refractivity contribution in [2.45, 2.75) is 19.4 Å². The van der Waals surface area contributed by atoms with Gasteiger partial charge in [0, 0.05) is 24.3 Å². The summed E-state index contributed by atoms with van der Waals surface area (Å²) in [7, 11) is 0. The molecule has 3 N–H and O–H groups in total. The van der Waals surface area contributed by atoms with Crippen LogP contribution in [0.5, 0.6) is 0 Å². The van der Waals surface area contributed by atoms with Gasteiger partial charge in [-0.05, 0) is 30.7 Å². The molecule has 0 aliphatic carbocycles. The van der Waals surface area contributed by atoms with E-state index in [0.717, 1.165) is 0 Å². The fraction of sp³-hybridized carbons (Fsp3) is 0.385. The van der Waals surface area contributed by atoms with Crippen LogP contribution in [0.15, 0.2) is 24.3 Å². The standard InChI is InChI=1S/C13H17N3O2/c1-2-11-12(17)15-7-8-16(11)13(18)9-3-5-10(14)6-4-9/h3-6,11H,2,7-8,14H2,1H3,(H,15,17). The molecule has 1 unspecified atom stereocenters. The Bertz CT molecular complexity index is 456. The number of carbonyl (C=O) groups is 2. The number of piperazine rings is 1. The van der Waals surface area contributed by atoms with Crippen molar-refractivity contribution in [1.29, 1.82) is 0 Å². The fourth-order valence-corrected chi connectivity index (χ4v) is 2.16. The Morgan fingerprint density at radius 1 is 1.44 bits per heavy atom. The highest BCUT2D eigenvalue weighted by Crippen LogP contribution is 2.14. The van der Waals surface area contributed by atoms with Gasteiger partial charge in [-0.2, -0.15) is 0 Å². The minimum Gasteiger partial charge on any atom is -0.399 e.